The van der Waals surface area contributed by atoms with Crippen LogP contribution in [0, 0.1) is 20.8 Å². The zero-order chi connectivity index (χ0) is 19.6. The lowest BCUT2D eigenvalue weighted by Gasteiger charge is -2.10. The number of rotatable bonds is 5. The van der Waals surface area contributed by atoms with Crippen molar-refractivity contribution >= 4 is 16.9 Å². The minimum Gasteiger partial charge on any atom is -0.484 e. The zero-order valence-corrected chi connectivity index (χ0v) is 15.3. The molecule has 2 N–H and O–H groups in total. The van der Waals surface area contributed by atoms with Crippen LogP contribution in [0.15, 0.2) is 44.3 Å². The smallest absolute Gasteiger partial charge is 0.336 e. The molecule has 1 amide bonds. The molecule has 0 aliphatic heterocycles. The van der Waals surface area contributed by atoms with Gasteiger partial charge in [0.1, 0.15) is 11.3 Å². The van der Waals surface area contributed by atoms with Crippen molar-refractivity contribution in [2.45, 2.75) is 27.3 Å². The Kier molecular flexibility index (Phi) is 5.12. The molecule has 2 heterocycles. The molecule has 0 saturated carbocycles. The van der Waals surface area contributed by atoms with Crippen LogP contribution in [-0.2, 0) is 11.3 Å². The summed E-state index contributed by atoms with van der Waals surface area (Å²) < 4.78 is 10.6. The number of ether oxygens (including phenoxy) is 1. The number of aryl methyl sites for hydroxylation is 3. The van der Waals surface area contributed by atoms with E-state index in [1.165, 1.54) is 6.07 Å². The number of carbonyl (C=O) groups excluding carboxylic acids is 1. The van der Waals surface area contributed by atoms with Gasteiger partial charge in [0.2, 0.25) is 0 Å². The first-order chi connectivity index (χ1) is 12.8. The number of pyridine rings is 1. The number of aromatic amines is 1. The minimum absolute atomic E-state index is 0.120. The van der Waals surface area contributed by atoms with Gasteiger partial charge in [-0.2, -0.15) is 0 Å². The summed E-state index contributed by atoms with van der Waals surface area (Å²) >= 11 is 0. The predicted octanol–water partition coefficient (Wildman–Crippen LogP) is 2.10. The third-order valence-corrected chi connectivity index (χ3v) is 4.25. The lowest BCUT2D eigenvalue weighted by molar-refractivity contribution is -0.123. The molecule has 0 atom stereocenters. The molecular formula is C20H20N2O5. The topological polar surface area (TPSA) is 101 Å². The summed E-state index contributed by atoms with van der Waals surface area (Å²) in [5, 5.41) is 3.47. The molecule has 2 aromatic heterocycles. The first-order valence-electron chi connectivity index (χ1n) is 8.47. The summed E-state index contributed by atoms with van der Waals surface area (Å²) in [6.45, 7) is 5.35. The first kappa shape index (κ1) is 18.4. The summed E-state index contributed by atoms with van der Waals surface area (Å²) in [5.41, 5.74) is 2.66. The van der Waals surface area contributed by atoms with E-state index in [9.17, 15) is 14.4 Å². The van der Waals surface area contributed by atoms with Crippen molar-refractivity contribution < 1.29 is 13.9 Å². The Morgan fingerprint density at radius 2 is 1.89 bits per heavy atom. The van der Waals surface area contributed by atoms with Crippen molar-refractivity contribution in [3.63, 3.8) is 0 Å². The molecule has 0 bridgehead atoms. The van der Waals surface area contributed by atoms with Crippen molar-refractivity contribution in [2.24, 2.45) is 0 Å². The second-order valence-corrected chi connectivity index (χ2v) is 6.41. The average Bonchev–Trinajstić information content (AvgIpc) is 2.58. The molecule has 1 aromatic carbocycles. The number of hydrogen-bond donors (Lipinski definition) is 2. The molecule has 0 saturated heterocycles. The van der Waals surface area contributed by atoms with Crippen LogP contribution in [0.3, 0.4) is 0 Å². The van der Waals surface area contributed by atoms with Gasteiger partial charge in [-0.15, -0.1) is 0 Å². The number of carbonyl (C=O) groups is 1. The van der Waals surface area contributed by atoms with Crippen LogP contribution in [0.5, 0.6) is 5.75 Å². The van der Waals surface area contributed by atoms with E-state index < -0.39 is 5.63 Å². The number of fused-ring (bicyclic) bond motifs is 1. The predicted molar refractivity (Wildman–Crippen MR) is 101 cm³/mol. The maximum absolute atomic E-state index is 12.0. The highest BCUT2D eigenvalue weighted by Crippen LogP contribution is 2.22. The van der Waals surface area contributed by atoms with Crippen LogP contribution < -0.4 is 21.2 Å². The van der Waals surface area contributed by atoms with Crippen molar-refractivity contribution in [3.8, 4) is 5.75 Å². The summed E-state index contributed by atoms with van der Waals surface area (Å²) in [4.78, 5) is 38.2. The molecular weight excluding hydrogens is 348 g/mol. The lowest BCUT2D eigenvalue weighted by Crippen LogP contribution is -2.31. The number of H-pyrrole nitrogens is 1. The van der Waals surface area contributed by atoms with E-state index in [0.29, 0.717) is 16.9 Å². The van der Waals surface area contributed by atoms with Crippen LogP contribution >= 0.6 is 0 Å². The monoisotopic (exact) mass is 368 g/mol. The quantitative estimate of drug-likeness (QED) is 0.672. The van der Waals surface area contributed by atoms with Gasteiger partial charge in [-0.05, 0) is 50.1 Å². The highest BCUT2D eigenvalue weighted by Gasteiger charge is 2.09. The summed E-state index contributed by atoms with van der Waals surface area (Å²) in [6.07, 6.45) is 0. The Labute approximate surface area is 155 Å². The number of benzene rings is 1. The van der Waals surface area contributed by atoms with Crippen LogP contribution in [0.2, 0.25) is 0 Å². The van der Waals surface area contributed by atoms with E-state index in [1.54, 1.807) is 25.1 Å². The minimum atomic E-state index is -0.436. The van der Waals surface area contributed by atoms with Gasteiger partial charge in [0, 0.05) is 35.3 Å². The van der Waals surface area contributed by atoms with Gasteiger partial charge in [-0.25, -0.2) is 4.79 Å². The molecule has 7 heteroatoms. The van der Waals surface area contributed by atoms with Gasteiger partial charge in [0.25, 0.3) is 11.5 Å². The largest absolute Gasteiger partial charge is 0.484 e. The number of amides is 1. The maximum Gasteiger partial charge on any atom is 0.336 e. The van der Waals surface area contributed by atoms with Crippen LogP contribution in [0.4, 0.5) is 0 Å². The molecule has 7 nitrogen and oxygen atoms in total. The Hall–Kier alpha value is -3.35. The molecule has 0 spiro atoms. The fourth-order valence-corrected chi connectivity index (χ4v) is 2.88. The van der Waals surface area contributed by atoms with Crippen LogP contribution in [0.25, 0.3) is 11.0 Å². The Morgan fingerprint density at radius 3 is 2.63 bits per heavy atom. The second kappa shape index (κ2) is 7.49. The fraction of sp³-hybridized carbons (Fsp3) is 0.250. The average molecular weight is 368 g/mol. The summed E-state index contributed by atoms with van der Waals surface area (Å²) in [5.74, 6) is 0.0518. The highest BCUT2D eigenvalue weighted by atomic mass is 16.5. The van der Waals surface area contributed by atoms with E-state index in [4.69, 9.17) is 9.15 Å². The second-order valence-electron chi connectivity index (χ2n) is 6.41. The molecule has 0 unspecified atom stereocenters. The Balaban J connectivity index is 1.63. The molecule has 0 aliphatic carbocycles. The Bertz CT molecular complexity index is 1130. The summed E-state index contributed by atoms with van der Waals surface area (Å²) in [7, 11) is 0. The molecule has 0 radical (unpaired) electrons. The molecule has 3 aromatic rings. The molecule has 27 heavy (non-hydrogen) atoms. The van der Waals surface area contributed by atoms with E-state index in [0.717, 1.165) is 22.2 Å². The van der Waals surface area contributed by atoms with Gasteiger partial charge >= 0.3 is 5.63 Å². The van der Waals surface area contributed by atoms with Gasteiger partial charge in [-0.3, -0.25) is 9.59 Å². The highest BCUT2D eigenvalue weighted by molar-refractivity contribution is 5.81. The van der Waals surface area contributed by atoms with E-state index in [2.05, 4.69) is 10.3 Å². The van der Waals surface area contributed by atoms with E-state index in [-0.39, 0.29) is 24.6 Å². The third kappa shape index (κ3) is 4.25. The normalized spacial score (nSPS) is 10.8. The number of nitrogens with one attached hydrogen (secondary N) is 2. The third-order valence-electron chi connectivity index (χ3n) is 4.25. The van der Waals surface area contributed by atoms with Crippen molar-refractivity contribution in [2.75, 3.05) is 6.61 Å². The molecule has 140 valence electrons. The lowest BCUT2D eigenvalue weighted by atomic mass is 10.1. The van der Waals surface area contributed by atoms with Gasteiger partial charge in [-0.1, -0.05) is 0 Å². The fourth-order valence-electron chi connectivity index (χ4n) is 2.88. The first-order valence-corrected chi connectivity index (χ1v) is 8.47. The molecule has 0 aliphatic rings. The van der Waals surface area contributed by atoms with Crippen molar-refractivity contribution in [1.29, 1.82) is 0 Å². The molecule has 3 rings (SSSR count). The van der Waals surface area contributed by atoms with E-state index >= 15 is 0 Å². The van der Waals surface area contributed by atoms with E-state index in [1.807, 2.05) is 19.9 Å². The standard InChI is InChI=1S/C20H20N2O5/c1-11-6-13(3)22-20(25)16(11)9-21-18(23)10-26-14-4-5-15-12(2)7-19(24)27-17(15)8-14/h4-8H,9-10H2,1-3H3,(H,21,23)(H,22,25). The number of aromatic nitrogens is 1. The Morgan fingerprint density at radius 1 is 1.11 bits per heavy atom. The van der Waals surface area contributed by atoms with Gasteiger partial charge in [0.05, 0.1) is 0 Å². The van der Waals surface area contributed by atoms with Crippen molar-refractivity contribution in [1.82, 2.24) is 10.3 Å². The summed E-state index contributed by atoms with van der Waals surface area (Å²) in [6, 6.07) is 8.33. The van der Waals surface area contributed by atoms with Gasteiger partial charge in [0.15, 0.2) is 6.61 Å². The van der Waals surface area contributed by atoms with Crippen LogP contribution in [0.1, 0.15) is 22.4 Å². The van der Waals surface area contributed by atoms with Crippen LogP contribution in [-0.4, -0.2) is 17.5 Å². The zero-order valence-electron chi connectivity index (χ0n) is 15.3. The van der Waals surface area contributed by atoms with Gasteiger partial charge < -0.3 is 19.5 Å². The van der Waals surface area contributed by atoms with Crippen molar-refractivity contribution in [3.05, 3.63) is 73.5 Å². The number of hydrogen-bond acceptors (Lipinski definition) is 5. The maximum atomic E-state index is 12.0. The molecule has 0 fully saturated rings. The SMILES string of the molecule is Cc1cc(C)c(CNC(=O)COc2ccc3c(C)cc(=O)oc3c2)c(=O)[nH]1.